The third-order valence-electron chi connectivity index (χ3n) is 3.52. The van der Waals surface area contributed by atoms with Gasteiger partial charge in [0.1, 0.15) is 18.1 Å². The van der Waals surface area contributed by atoms with Crippen LogP contribution in [0.25, 0.3) is 0 Å². The Morgan fingerprint density at radius 2 is 1.85 bits per heavy atom. The van der Waals surface area contributed by atoms with Crippen molar-refractivity contribution in [3.63, 3.8) is 0 Å². The van der Waals surface area contributed by atoms with Gasteiger partial charge in [-0.2, -0.15) is 0 Å². The third kappa shape index (κ3) is 1.78. The standard InChI is InChI=1S/C13H11FN2O4/c14-6-1-2-7-8(5-6)13(20)16(12(7)19)9-3-4-10(17)15-11(9)18/h1-2,5,9-10,17H,3-4H2,(H,15,18). The fraction of sp³-hybridized carbons (Fsp3) is 0.308. The van der Waals surface area contributed by atoms with Crippen molar-refractivity contribution in [3.8, 4) is 0 Å². The van der Waals surface area contributed by atoms with E-state index in [-0.39, 0.29) is 24.0 Å². The molecule has 0 bridgehead atoms. The van der Waals surface area contributed by atoms with Crippen molar-refractivity contribution in [2.45, 2.75) is 25.1 Å². The van der Waals surface area contributed by atoms with Crippen LogP contribution in [0.15, 0.2) is 18.2 Å². The number of nitrogens with zero attached hydrogens (tertiary/aromatic N) is 1. The minimum atomic E-state index is -0.966. The number of hydrogen-bond donors (Lipinski definition) is 2. The number of carbonyl (C=O) groups excluding carboxylic acids is 3. The maximum atomic E-state index is 13.2. The highest BCUT2D eigenvalue weighted by atomic mass is 19.1. The van der Waals surface area contributed by atoms with Gasteiger partial charge in [-0.15, -0.1) is 0 Å². The summed E-state index contributed by atoms with van der Waals surface area (Å²) in [5.74, 6) is -2.49. The molecular formula is C13H11FN2O4. The van der Waals surface area contributed by atoms with Gasteiger partial charge in [-0.25, -0.2) is 4.39 Å². The molecule has 1 fully saturated rings. The lowest BCUT2D eigenvalue weighted by atomic mass is 10.0. The number of rotatable bonds is 1. The summed E-state index contributed by atoms with van der Waals surface area (Å²) < 4.78 is 13.2. The smallest absolute Gasteiger partial charge is 0.262 e. The molecule has 6 nitrogen and oxygen atoms in total. The van der Waals surface area contributed by atoms with Gasteiger partial charge in [0.05, 0.1) is 11.1 Å². The van der Waals surface area contributed by atoms with Crippen LogP contribution in [-0.4, -0.2) is 40.0 Å². The summed E-state index contributed by atoms with van der Waals surface area (Å²) >= 11 is 0. The van der Waals surface area contributed by atoms with Gasteiger partial charge in [-0.05, 0) is 31.0 Å². The zero-order valence-corrected chi connectivity index (χ0v) is 10.3. The molecule has 1 aromatic carbocycles. The molecule has 2 atom stereocenters. The number of carbonyl (C=O) groups is 3. The average Bonchev–Trinajstić information content (AvgIpc) is 2.63. The number of aliphatic hydroxyl groups excluding tert-OH is 1. The molecule has 2 unspecified atom stereocenters. The lowest BCUT2D eigenvalue weighted by Gasteiger charge is -2.31. The molecule has 1 saturated heterocycles. The van der Waals surface area contributed by atoms with E-state index in [2.05, 4.69) is 5.32 Å². The van der Waals surface area contributed by atoms with Gasteiger partial charge in [-0.1, -0.05) is 0 Å². The molecular weight excluding hydrogens is 267 g/mol. The Bertz CT molecular complexity index is 631. The van der Waals surface area contributed by atoms with Crippen molar-refractivity contribution >= 4 is 17.7 Å². The van der Waals surface area contributed by atoms with E-state index in [9.17, 15) is 23.9 Å². The normalized spacial score (nSPS) is 25.7. The first-order valence-electron chi connectivity index (χ1n) is 6.15. The van der Waals surface area contributed by atoms with Crippen LogP contribution in [0.4, 0.5) is 4.39 Å². The summed E-state index contributed by atoms with van der Waals surface area (Å²) in [5.41, 5.74) is 0.0595. The van der Waals surface area contributed by atoms with Gasteiger partial charge in [0, 0.05) is 0 Å². The molecule has 1 aromatic rings. The summed E-state index contributed by atoms with van der Waals surface area (Å²) in [6, 6.07) is 2.36. The highest BCUT2D eigenvalue weighted by Crippen LogP contribution is 2.28. The lowest BCUT2D eigenvalue weighted by Crippen LogP contribution is -2.55. The van der Waals surface area contributed by atoms with E-state index >= 15 is 0 Å². The summed E-state index contributed by atoms with van der Waals surface area (Å²) in [6.07, 6.45) is -0.537. The number of imide groups is 1. The zero-order valence-electron chi connectivity index (χ0n) is 10.3. The molecule has 2 heterocycles. The molecule has 3 amide bonds. The Balaban J connectivity index is 1.96. The van der Waals surface area contributed by atoms with Gasteiger partial charge in [0.15, 0.2) is 0 Å². The minimum Gasteiger partial charge on any atom is -0.374 e. The molecule has 7 heteroatoms. The average molecular weight is 278 g/mol. The van der Waals surface area contributed by atoms with Gasteiger partial charge in [-0.3, -0.25) is 19.3 Å². The molecule has 0 aromatic heterocycles. The van der Waals surface area contributed by atoms with Gasteiger partial charge in [0.25, 0.3) is 11.8 Å². The van der Waals surface area contributed by atoms with Crippen molar-refractivity contribution in [2.24, 2.45) is 0 Å². The lowest BCUT2D eigenvalue weighted by molar-refractivity contribution is -0.131. The molecule has 3 rings (SSSR count). The zero-order chi connectivity index (χ0) is 14.4. The molecule has 2 aliphatic rings. The van der Waals surface area contributed by atoms with E-state index in [1.54, 1.807) is 0 Å². The molecule has 0 saturated carbocycles. The molecule has 0 radical (unpaired) electrons. The van der Waals surface area contributed by atoms with Crippen molar-refractivity contribution in [1.82, 2.24) is 10.2 Å². The van der Waals surface area contributed by atoms with Crippen LogP contribution in [0.5, 0.6) is 0 Å². The van der Waals surface area contributed by atoms with E-state index in [1.165, 1.54) is 6.07 Å². The van der Waals surface area contributed by atoms with Crippen molar-refractivity contribution < 1.29 is 23.9 Å². The second-order valence-corrected chi connectivity index (χ2v) is 4.79. The van der Waals surface area contributed by atoms with E-state index < -0.39 is 35.8 Å². The Kier molecular flexibility index (Phi) is 2.79. The number of nitrogens with one attached hydrogen (secondary N) is 1. The van der Waals surface area contributed by atoms with Crippen LogP contribution in [-0.2, 0) is 4.79 Å². The predicted molar refractivity (Wildman–Crippen MR) is 64.1 cm³/mol. The monoisotopic (exact) mass is 278 g/mol. The van der Waals surface area contributed by atoms with E-state index in [1.807, 2.05) is 0 Å². The number of benzene rings is 1. The molecule has 2 aliphatic heterocycles. The van der Waals surface area contributed by atoms with Gasteiger partial charge >= 0.3 is 0 Å². The van der Waals surface area contributed by atoms with E-state index in [0.29, 0.717) is 0 Å². The van der Waals surface area contributed by atoms with Crippen LogP contribution in [0, 0.1) is 5.82 Å². The maximum Gasteiger partial charge on any atom is 0.262 e. The Hall–Kier alpha value is -2.28. The molecule has 0 spiro atoms. The largest absolute Gasteiger partial charge is 0.374 e. The second kappa shape index (κ2) is 4.38. The van der Waals surface area contributed by atoms with Crippen LogP contribution in [0.3, 0.4) is 0 Å². The van der Waals surface area contributed by atoms with Crippen LogP contribution in [0.1, 0.15) is 33.6 Å². The highest BCUT2D eigenvalue weighted by molar-refractivity contribution is 6.22. The number of fused-ring (bicyclic) bond motifs is 1. The van der Waals surface area contributed by atoms with Crippen molar-refractivity contribution in [3.05, 3.63) is 35.1 Å². The number of hydrogen-bond acceptors (Lipinski definition) is 4. The SMILES string of the molecule is O=C1NC(O)CCC1N1C(=O)c2ccc(F)cc2C1=O. The molecule has 104 valence electrons. The highest BCUT2D eigenvalue weighted by Gasteiger charge is 2.44. The fourth-order valence-corrected chi connectivity index (χ4v) is 2.54. The summed E-state index contributed by atoms with van der Waals surface area (Å²) in [4.78, 5) is 37.0. The van der Waals surface area contributed by atoms with Crippen molar-refractivity contribution in [1.29, 1.82) is 0 Å². The maximum absolute atomic E-state index is 13.2. The summed E-state index contributed by atoms with van der Waals surface area (Å²) in [7, 11) is 0. The first-order valence-corrected chi connectivity index (χ1v) is 6.15. The first-order chi connectivity index (χ1) is 9.49. The molecule has 20 heavy (non-hydrogen) atoms. The van der Waals surface area contributed by atoms with Gasteiger partial charge < -0.3 is 10.4 Å². The summed E-state index contributed by atoms with van der Waals surface area (Å²) in [6.45, 7) is 0. The predicted octanol–water partition coefficient (Wildman–Crippen LogP) is 0.0187. The Morgan fingerprint density at radius 3 is 2.55 bits per heavy atom. The number of halogens is 1. The minimum absolute atomic E-state index is 0.0334. The number of piperidine rings is 1. The molecule has 0 aliphatic carbocycles. The quantitative estimate of drug-likeness (QED) is 0.709. The fourth-order valence-electron chi connectivity index (χ4n) is 2.54. The van der Waals surface area contributed by atoms with E-state index in [4.69, 9.17) is 0 Å². The third-order valence-corrected chi connectivity index (χ3v) is 3.52. The first kappa shape index (κ1) is 12.7. The van der Waals surface area contributed by atoms with Crippen LogP contribution >= 0.6 is 0 Å². The number of aliphatic hydroxyl groups is 1. The number of amides is 3. The Labute approximate surface area is 113 Å². The van der Waals surface area contributed by atoms with E-state index in [0.717, 1.165) is 17.0 Å². The van der Waals surface area contributed by atoms with Gasteiger partial charge in [0.2, 0.25) is 5.91 Å². The van der Waals surface area contributed by atoms with Crippen LogP contribution < -0.4 is 5.32 Å². The summed E-state index contributed by atoms with van der Waals surface area (Å²) in [5, 5.41) is 11.6. The van der Waals surface area contributed by atoms with Crippen LogP contribution in [0.2, 0.25) is 0 Å². The van der Waals surface area contributed by atoms with Crippen molar-refractivity contribution in [2.75, 3.05) is 0 Å². The molecule has 2 N–H and O–H groups in total. The Morgan fingerprint density at radius 1 is 1.15 bits per heavy atom. The topological polar surface area (TPSA) is 86.7 Å². The second-order valence-electron chi connectivity index (χ2n) is 4.79.